The molecular formula is C9H18O3. The topological polar surface area (TPSA) is 27.7 Å². The molecule has 12 heavy (non-hydrogen) atoms. The van der Waals surface area contributed by atoms with Crippen molar-refractivity contribution in [3.8, 4) is 0 Å². The molecule has 4 atom stereocenters. The fourth-order valence-electron chi connectivity index (χ4n) is 1.75. The van der Waals surface area contributed by atoms with Gasteiger partial charge in [0.1, 0.15) is 6.10 Å². The Kier molecular flexibility index (Phi) is 3.50. The highest BCUT2D eigenvalue weighted by atomic mass is 16.6. The van der Waals surface area contributed by atoms with Crippen molar-refractivity contribution in [3.05, 3.63) is 0 Å². The van der Waals surface area contributed by atoms with Crippen molar-refractivity contribution in [2.24, 2.45) is 5.92 Å². The molecule has 0 radical (unpaired) electrons. The first-order chi connectivity index (χ1) is 5.70. The Hall–Kier alpha value is -0.120. The summed E-state index contributed by atoms with van der Waals surface area (Å²) >= 11 is 0. The third kappa shape index (κ3) is 1.79. The minimum absolute atomic E-state index is 0.102. The summed E-state index contributed by atoms with van der Waals surface area (Å²) in [5.74, 6) is 0.454. The molecule has 1 fully saturated rings. The molecule has 0 saturated carbocycles. The van der Waals surface area contributed by atoms with Gasteiger partial charge in [0.15, 0.2) is 0 Å². The molecule has 0 bridgehead atoms. The van der Waals surface area contributed by atoms with E-state index in [1.807, 2.05) is 0 Å². The Bertz CT molecular complexity index is 138. The quantitative estimate of drug-likeness (QED) is 0.640. The minimum atomic E-state index is 0.102. The van der Waals surface area contributed by atoms with Gasteiger partial charge in [-0.2, -0.15) is 0 Å². The van der Waals surface area contributed by atoms with Gasteiger partial charge in [-0.15, -0.1) is 0 Å². The van der Waals surface area contributed by atoms with Crippen molar-refractivity contribution in [1.82, 2.24) is 0 Å². The maximum Gasteiger partial charge on any atom is 0.108 e. The predicted octanol–water partition coefficient (Wildman–Crippen LogP) is 1.07. The van der Waals surface area contributed by atoms with Gasteiger partial charge >= 0.3 is 0 Å². The van der Waals surface area contributed by atoms with Gasteiger partial charge in [0.2, 0.25) is 0 Å². The van der Waals surface area contributed by atoms with Gasteiger partial charge in [0, 0.05) is 20.1 Å². The Morgan fingerprint density at radius 3 is 2.42 bits per heavy atom. The van der Waals surface area contributed by atoms with Crippen LogP contribution < -0.4 is 0 Å². The third-order valence-corrected chi connectivity index (χ3v) is 2.62. The molecule has 1 unspecified atom stereocenters. The van der Waals surface area contributed by atoms with Crippen LogP contribution in [0.1, 0.15) is 13.8 Å². The fraction of sp³-hybridized carbons (Fsp3) is 1.00. The van der Waals surface area contributed by atoms with Crippen LogP contribution in [0.25, 0.3) is 0 Å². The third-order valence-electron chi connectivity index (χ3n) is 2.62. The maximum atomic E-state index is 5.67. The van der Waals surface area contributed by atoms with Crippen LogP contribution in [-0.2, 0) is 14.2 Å². The van der Waals surface area contributed by atoms with Crippen LogP contribution in [0.4, 0.5) is 0 Å². The molecule has 1 aliphatic heterocycles. The first-order valence-corrected chi connectivity index (χ1v) is 4.38. The van der Waals surface area contributed by atoms with Gasteiger partial charge in [0.25, 0.3) is 0 Å². The van der Waals surface area contributed by atoms with Crippen LogP contribution in [0.5, 0.6) is 0 Å². The van der Waals surface area contributed by atoms with Crippen molar-refractivity contribution in [3.63, 3.8) is 0 Å². The summed E-state index contributed by atoms with van der Waals surface area (Å²) in [7, 11) is 3.41. The minimum Gasteiger partial charge on any atom is -0.382 e. The van der Waals surface area contributed by atoms with E-state index in [9.17, 15) is 0 Å². The van der Waals surface area contributed by atoms with E-state index in [0.29, 0.717) is 12.5 Å². The molecule has 1 saturated heterocycles. The summed E-state index contributed by atoms with van der Waals surface area (Å²) in [4.78, 5) is 0. The zero-order valence-corrected chi connectivity index (χ0v) is 8.24. The molecule has 0 aromatic carbocycles. The largest absolute Gasteiger partial charge is 0.382 e. The molecule has 3 heteroatoms. The lowest BCUT2D eigenvalue weighted by atomic mass is 9.99. The molecule has 1 aliphatic rings. The standard InChI is InChI=1S/C9H18O3/c1-6-7(2)12-8(5-10-3)9(6)11-4/h6-9H,5H2,1-4H3/t6?,7-,8+,9+/m0/s1. The molecule has 3 nitrogen and oxygen atoms in total. The maximum absolute atomic E-state index is 5.67. The van der Waals surface area contributed by atoms with Gasteiger partial charge in [-0.3, -0.25) is 0 Å². The molecule has 1 rings (SSSR count). The zero-order chi connectivity index (χ0) is 9.14. The molecule has 72 valence electrons. The summed E-state index contributed by atoms with van der Waals surface area (Å²) in [6, 6.07) is 0. The van der Waals surface area contributed by atoms with E-state index in [4.69, 9.17) is 14.2 Å². The molecule has 0 aliphatic carbocycles. The number of hydrogen-bond acceptors (Lipinski definition) is 3. The van der Waals surface area contributed by atoms with Crippen molar-refractivity contribution in [2.75, 3.05) is 20.8 Å². The average Bonchev–Trinajstić information content (AvgIpc) is 2.29. The molecular weight excluding hydrogens is 156 g/mol. The Morgan fingerprint density at radius 1 is 1.25 bits per heavy atom. The van der Waals surface area contributed by atoms with Crippen molar-refractivity contribution < 1.29 is 14.2 Å². The smallest absolute Gasteiger partial charge is 0.108 e. The highest BCUT2D eigenvalue weighted by Gasteiger charge is 2.39. The van der Waals surface area contributed by atoms with Crippen molar-refractivity contribution >= 4 is 0 Å². The Labute approximate surface area is 74.0 Å². The highest BCUT2D eigenvalue weighted by molar-refractivity contribution is 4.86. The molecule has 0 amide bonds. The van der Waals surface area contributed by atoms with Gasteiger partial charge in [-0.1, -0.05) is 6.92 Å². The van der Waals surface area contributed by atoms with E-state index >= 15 is 0 Å². The average molecular weight is 174 g/mol. The summed E-state index contributed by atoms with van der Waals surface area (Å²) < 4.78 is 16.1. The SMILES string of the molecule is COC[C@H]1O[C@@H](C)C(C)[C@H]1OC. The molecule has 0 spiro atoms. The van der Waals surface area contributed by atoms with Crippen LogP contribution in [0, 0.1) is 5.92 Å². The van der Waals surface area contributed by atoms with Crippen LogP contribution in [-0.4, -0.2) is 39.1 Å². The number of rotatable bonds is 3. The van der Waals surface area contributed by atoms with Crippen LogP contribution in [0.3, 0.4) is 0 Å². The second-order valence-electron chi connectivity index (χ2n) is 3.39. The van der Waals surface area contributed by atoms with Gasteiger partial charge in [0.05, 0.1) is 18.8 Å². The predicted molar refractivity (Wildman–Crippen MR) is 46.2 cm³/mol. The van der Waals surface area contributed by atoms with E-state index in [1.165, 1.54) is 0 Å². The molecule has 1 heterocycles. The lowest BCUT2D eigenvalue weighted by molar-refractivity contribution is -0.0411. The fourth-order valence-corrected chi connectivity index (χ4v) is 1.75. The highest BCUT2D eigenvalue weighted by Crippen LogP contribution is 2.28. The van der Waals surface area contributed by atoms with Crippen LogP contribution >= 0.6 is 0 Å². The normalized spacial score (nSPS) is 42.0. The first kappa shape index (κ1) is 9.96. The lowest BCUT2D eigenvalue weighted by Crippen LogP contribution is -2.31. The monoisotopic (exact) mass is 174 g/mol. The zero-order valence-electron chi connectivity index (χ0n) is 8.24. The van der Waals surface area contributed by atoms with Gasteiger partial charge in [-0.05, 0) is 6.92 Å². The van der Waals surface area contributed by atoms with Gasteiger partial charge in [-0.25, -0.2) is 0 Å². The molecule has 0 aromatic heterocycles. The summed E-state index contributed by atoms with van der Waals surface area (Å²) in [5, 5.41) is 0. The summed E-state index contributed by atoms with van der Waals surface area (Å²) in [6.07, 6.45) is 0.556. The van der Waals surface area contributed by atoms with Crippen LogP contribution in [0.2, 0.25) is 0 Å². The summed E-state index contributed by atoms with van der Waals surface area (Å²) in [5.41, 5.74) is 0. The number of ether oxygens (including phenoxy) is 3. The van der Waals surface area contributed by atoms with E-state index in [-0.39, 0.29) is 18.3 Å². The number of hydrogen-bond donors (Lipinski definition) is 0. The molecule has 0 aromatic rings. The van der Waals surface area contributed by atoms with Gasteiger partial charge < -0.3 is 14.2 Å². The first-order valence-electron chi connectivity index (χ1n) is 4.38. The van der Waals surface area contributed by atoms with Crippen LogP contribution in [0.15, 0.2) is 0 Å². The lowest BCUT2D eigenvalue weighted by Gasteiger charge is -2.18. The van der Waals surface area contributed by atoms with E-state index in [0.717, 1.165) is 0 Å². The second kappa shape index (κ2) is 4.21. The van der Waals surface area contributed by atoms with Crippen molar-refractivity contribution in [2.45, 2.75) is 32.2 Å². The van der Waals surface area contributed by atoms with E-state index in [1.54, 1.807) is 14.2 Å². The van der Waals surface area contributed by atoms with E-state index < -0.39 is 0 Å². The van der Waals surface area contributed by atoms with E-state index in [2.05, 4.69) is 13.8 Å². The summed E-state index contributed by atoms with van der Waals surface area (Å²) in [6.45, 7) is 4.84. The Morgan fingerprint density at radius 2 is 1.92 bits per heavy atom. The Balaban J connectivity index is 2.52. The molecule has 0 N–H and O–H groups in total. The number of methoxy groups -OCH3 is 2. The van der Waals surface area contributed by atoms with Crippen molar-refractivity contribution in [1.29, 1.82) is 0 Å². The second-order valence-corrected chi connectivity index (χ2v) is 3.39.